The fourth-order valence-electron chi connectivity index (χ4n) is 17.9. The van der Waals surface area contributed by atoms with Gasteiger partial charge < -0.3 is 59.7 Å². The highest BCUT2D eigenvalue weighted by Gasteiger charge is 2.32. The molecule has 0 unspecified atom stereocenters. The lowest BCUT2D eigenvalue weighted by Gasteiger charge is -2.20. The first-order chi connectivity index (χ1) is 66.6. The average Bonchev–Trinajstić information content (AvgIpc) is 1.61. The molecule has 38 heteroatoms. The first-order valence-corrected chi connectivity index (χ1v) is 51.9. The Hall–Kier alpha value is -12.6. The Balaban J connectivity index is 0.000000177. The second kappa shape index (κ2) is 45.3. The van der Waals surface area contributed by atoms with Crippen LogP contribution in [-0.2, 0) is 102 Å². The van der Waals surface area contributed by atoms with E-state index in [-0.39, 0.29) is 66.7 Å². The van der Waals surface area contributed by atoms with E-state index in [1.165, 1.54) is 12.1 Å². The molecule has 0 spiro atoms. The summed E-state index contributed by atoms with van der Waals surface area (Å²) in [6.07, 6.45) is 9.27. The van der Waals surface area contributed by atoms with Gasteiger partial charge in [-0.3, -0.25) is 38.0 Å². The molecule has 1 aliphatic carbocycles. The predicted molar refractivity (Wildman–Crippen MR) is 543 cm³/mol. The summed E-state index contributed by atoms with van der Waals surface area (Å²) in [5, 5.41) is 53.1. The molecular formula is C102H118Cl3N15O17S3. The predicted octanol–water partition coefficient (Wildman–Crippen LogP) is 16.0. The standard InChI is InChI=1S/C35H44ClN5O6S.C34H39ClN6O6S.C33H35ClN4O5S/c1-21-18-25(19-22(2)31(21)36)47-16-9-14-27-26-12-8-13-28(30-23(3)41(4)39-29(30)20-42)32(26)38-33(27)35(44)40-48(45,46)17-15-37-34(43)24-10-6-5-7-11-24;1-20-17-23(18-21(2)30(20)35)47-15-8-11-25-24-9-6-10-26(29-22(3)41(5)38-27(29)19-42)31(24)37-32(25)34(44)39-48(45,46)16-13-36-33(43)28-12-7-14-40(28)4;1-19-9-6-10-24(15-19)44(41,42)37-33(40)32-26(13-8-14-43-23-16-20(2)30(34)21(3)17-23)25-11-7-12-27(31(25)35-32)29-22(4)38(5)36-28(29)18-39/h8,12-13,18-19,24,38,42H,5-7,9-11,14-17,20H2,1-4H3,(H,37,43)(H,40,44);6-7,9-10,12,14,17-18,37,42H,8,11,13,15-16,19H2,1-5H3,(H,36,43)(H,39,44);6-7,9-12,15-17,35,39H,8,13-14,18H2,1-5H3,(H,37,40). The molecule has 0 saturated heterocycles. The number of aliphatic hydroxyl groups excluding tert-OH is 3. The van der Waals surface area contributed by atoms with E-state index in [2.05, 4.69) is 55.0 Å². The van der Waals surface area contributed by atoms with Crippen molar-refractivity contribution in [3.05, 3.63) is 261 Å². The fourth-order valence-corrected chi connectivity index (χ4v) is 21.0. The van der Waals surface area contributed by atoms with E-state index in [9.17, 15) is 64.5 Å². The molecule has 11 N–H and O–H groups in total. The number of aromatic amines is 3. The fraction of sp³-hybridized carbons (Fsp3) is 0.353. The third-order valence-electron chi connectivity index (χ3n) is 25.2. The quantitative estimate of drug-likeness (QED) is 0.0162. The molecule has 0 bridgehead atoms. The number of carbonyl (C=O) groups is 5. The van der Waals surface area contributed by atoms with Gasteiger partial charge in [-0.25, -0.2) is 39.4 Å². The molecule has 7 aromatic heterocycles. The number of para-hydroxylation sites is 3. The molecule has 5 amide bonds. The summed E-state index contributed by atoms with van der Waals surface area (Å²) in [5.41, 5.74) is 19.2. The number of fused-ring (bicyclic) bond motifs is 3. The normalized spacial score (nSPS) is 12.5. The minimum absolute atomic E-state index is 0.00437. The summed E-state index contributed by atoms with van der Waals surface area (Å²) >= 11 is 18.9. The Bertz CT molecular complexity index is 7340. The first-order valence-electron chi connectivity index (χ1n) is 46.0. The van der Waals surface area contributed by atoms with Crippen LogP contribution >= 0.6 is 34.8 Å². The van der Waals surface area contributed by atoms with Crippen molar-refractivity contribution in [1.82, 2.24) is 73.7 Å². The number of H-pyrrole nitrogens is 3. The zero-order chi connectivity index (χ0) is 101. The molecule has 7 aromatic carbocycles. The molecule has 0 aliphatic heterocycles. The van der Waals surface area contributed by atoms with Crippen LogP contribution in [0, 0.1) is 75.2 Å². The molecule has 1 aliphatic rings. The van der Waals surface area contributed by atoms with Crippen LogP contribution in [-0.4, -0.2) is 163 Å². The number of nitrogens with zero attached hydrogens (tertiary/aromatic N) is 7. The van der Waals surface area contributed by atoms with Crippen molar-refractivity contribution < 1.29 is 78.8 Å². The van der Waals surface area contributed by atoms with Gasteiger partial charge in [0.1, 0.15) is 40.0 Å². The summed E-state index contributed by atoms with van der Waals surface area (Å²) in [7, 11) is -5.25. The summed E-state index contributed by atoms with van der Waals surface area (Å²) in [5.74, 6) is -1.88. The maximum Gasteiger partial charge on any atom is 0.281 e. The number of sulfonamides is 3. The minimum atomic E-state index is -4.14. The van der Waals surface area contributed by atoms with E-state index < -0.39 is 65.2 Å². The van der Waals surface area contributed by atoms with Crippen LogP contribution in [0.15, 0.2) is 138 Å². The third-order valence-corrected chi connectivity index (χ3v) is 30.8. The number of amides is 5. The van der Waals surface area contributed by atoms with Crippen molar-refractivity contribution in [2.24, 2.45) is 34.1 Å². The number of carbonyl (C=O) groups excluding carboxylic acids is 5. The van der Waals surface area contributed by atoms with Gasteiger partial charge in [0.2, 0.25) is 26.0 Å². The van der Waals surface area contributed by atoms with Crippen LogP contribution in [0.5, 0.6) is 17.2 Å². The second-order valence-electron chi connectivity index (χ2n) is 35.3. The van der Waals surface area contributed by atoms with Crippen LogP contribution < -0.4 is 39.0 Å². The molecule has 7 heterocycles. The number of aliphatic hydroxyl groups is 3. The van der Waals surface area contributed by atoms with Gasteiger partial charge in [-0.1, -0.05) is 121 Å². The van der Waals surface area contributed by atoms with Gasteiger partial charge in [0.15, 0.2) is 0 Å². The summed E-state index contributed by atoms with van der Waals surface area (Å²) in [6.45, 7) is 18.9. The smallest absolute Gasteiger partial charge is 0.281 e. The first kappa shape index (κ1) is 105. The number of aromatic nitrogens is 10. The van der Waals surface area contributed by atoms with E-state index in [1.807, 2.05) is 153 Å². The highest BCUT2D eigenvalue weighted by Crippen LogP contribution is 2.42. The SMILES string of the molecule is Cc1cc(OCCCc2c(C(=O)NS(=O)(=O)CCNC(=O)C3CCCCC3)[nH]c3c(-c4c(CO)nn(C)c4C)cccc23)cc(C)c1Cl.Cc1cc(OCCCc2c(C(=O)NS(=O)(=O)CCNC(=O)c3cccn3C)[nH]c3c(-c4c(CO)nn(C)c4C)cccc23)cc(C)c1Cl.Cc1cccc(S(=O)(=O)NC(=O)c2[nH]c3c(-c4c(CO)nn(C)c4C)cccc3c2CCCOc2cc(C)c(Cl)c(C)c2)c1. The van der Waals surface area contributed by atoms with Crippen LogP contribution in [0.3, 0.4) is 0 Å². The van der Waals surface area contributed by atoms with Gasteiger partial charge in [-0.05, 0) is 237 Å². The monoisotopic (exact) mass is 2030 g/mol. The zero-order valence-electron chi connectivity index (χ0n) is 80.7. The van der Waals surface area contributed by atoms with Gasteiger partial charge in [-0.2, -0.15) is 15.3 Å². The third kappa shape index (κ3) is 24.2. The van der Waals surface area contributed by atoms with Crippen molar-refractivity contribution >= 4 is 127 Å². The highest BCUT2D eigenvalue weighted by atomic mass is 35.5. The summed E-state index contributed by atoms with van der Waals surface area (Å²) < 4.78 is 110. The van der Waals surface area contributed by atoms with Gasteiger partial charge in [0.05, 0.1) is 89.7 Å². The van der Waals surface area contributed by atoms with Gasteiger partial charge in [0, 0.05) is 135 Å². The number of hydrogen-bond donors (Lipinski definition) is 11. The van der Waals surface area contributed by atoms with E-state index in [4.69, 9.17) is 49.0 Å². The lowest BCUT2D eigenvalue weighted by molar-refractivity contribution is -0.125. The van der Waals surface area contributed by atoms with Crippen LogP contribution in [0.4, 0.5) is 0 Å². The Morgan fingerprint density at radius 2 is 0.771 bits per heavy atom. The number of hydrogen-bond acceptors (Lipinski definition) is 20. The Morgan fingerprint density at radius 3 is 1.11 bits per heavy atom. The second-order valence-corrected chi connectivity index (χ2v) is 41.8. The molecule has 32 nitrogen and oxygen atoms in total. The minimum Gasteiger partial charge on any atom is -0.494 e. The van der Waals surface area contributed by atoms with Crippen LogP contribution in [0.1, 0.15) is 183 Å². The summed E-state index contributed by atoms with van der Waals surface area (Å²) in [6, 6.07) is 37.9. The van der Waals surface area contributed by atoms with Crippen molar-refractivity contribution in [1.29, 1.82) is 0 Å². The largest absolute Gasteiger partial charge is 0.494 e. The molecule has 15 rings (SSSR count). The zero-order valence-corrected chi connectivity index (χ0v) is 85.4. The van der Waals surface area contributed by atoms with Gasteiger partial charge in [0.25, 0.3) is 33.7 Å². The van der Waals surface area contributed by atoms with E-state index >= 15 is 0 Å². The number of nitrogens with one attached hydrogen (secondary N) is 8. The molecule has 0 radical (unpaired) electrons. The maximum atomic E-state index is 13.7. The van der Waals surface area contributed by atoms with Crippen molar-refractivity contribution in [2.75, 3.05) is 44.4 Å². The molecule has 1 saturated carbocycles. The van der Waals surface area contributed by atoms with Crippen LogP contribution in [0.2, 0.25) is 15.1 Å². The van der Waals surface area contributed by atoms with Crippen LogP contribution in [0.25, 0.3) is 66.1 Å². The Morgan fingerprint density at radius 1 is 0.429 bits per heavy atom. The molecule has 14 aromatic rings. The number of benzene rings is 7. The Kier molecular flexibility index (Phi) is 33.9. The molecule has 1 fully saturated rings. The van der Waals surface area contributed by atoms with Crippen molar-refractivity contribution in [3.8, 4) is 50.6 Å². The number of aryl methyl sites for hydroxylation is 14. The van der Waals surface area contributed by atoms with Gasteiger partial charge in [-0.15, -0.1) is 0 Å². The van der Waals surface area contributed by atoms with E-state index in [0.29, 0.717) is 147 Å². The average molecular weight is 2030 g/mol. The lowest BCUT2D eigenvalue weighted by atomic mass is 9.89. The highest BCUT2D eigenvalue weighted by molar-refractivity contribution is 7.90. The van der Waals surface area contributed by atoms with Gasteiger partial charge >= 0.3 is 0 Å². The maximum absolute atomic E-state index is 13.7. The Labute approximate surface area is 828 Å². The lowest BCUT2D eigenvalue weighted by Crippen LogP contribution is -2.39. The number of ether oxygens (including phenoxy) is 3. The topological polar surface area (TPSA) is 442 Å². The molecule has 742 valence electrons. The van der Waals surface area contributed by atoms with Crippen molar-refractivity contribution in [3.63, 3.8) is 0 Å². The number of rotatable bonds is 36. The number of halogens is 3. The summed E-state index contributed by atoms with van der Waals surface area (Å²) in [4.78, 5) is 75.6. The van der Waals surface area contributed by atoms with E-state index in [1.54, 1.807) is 84.2 Å². The molecule has 140 heavy (non-hydrogen) atoms. The molecule has 0 atom stereocenters. The van der Waals surface area contributed by atoms with E-state index in [0.717, 1.165) is 138 Å². The molecular weight excluding hydrogens is 1910 g/mol. The van der Waals surface area contributed by atoms with Crippen molar-refractivity contribution in [2.45, 2.75) is 165 Å².